The van der Waals surface area contributed by atoms with Crippen LogP contribution in [0.25, 0.3) is 11.3 Å². The molecule has 1 aliphatic carbocycles. The fourth-order valence-electron chi connectivity index (χ4n) is 3.86. The summed E-state index contributed by atoms with van der Waals surface area (Å²) >= 11 is 6.12. The topological polar surface area (TPSA) is 110 Å². The van der Waals surface area contributed by atoms with Gasteiger partial charge in [-0.15, -0.1) is 0 Å². The van der Waals surface area contributed by atoms with Crippen LogP contribution < -0.4 is 16.2 Å². The number of nitrogens with one attached hydrogen (secondary N) is 2. The van der Waals surface area contributed by atoms with E-state index in [0.717, 1.165) is 12.8 Å². The van der Waals surface area contributed by atoms with Crippen molar-refractivity contribution in [1.29, 1.82) is 0 Å². The van der Waals surface area contributed by atoms with Gasteiger partial charge in [-0.05, 0) is 50.3 Å². The highest BCUT2D eigenvalue weighted by atomic mass is 35.5. The van der Waals surface area contributed by atoms with Gasteiger partial charge in [0.05, 0.1) is 17.9 Å². The molecule has 1 atom stereocenters. The predicted octanol–water partition coefficient (Wildman–Crippen LogP) is 2.71. The maximum absolute atomic E-state index is 12.8. The Morgan fingerprint density at radius 1 is 1.25 bits per heavy atom. The molecule has 1 saturated heterocycles. The molecule has 32 heavy (non-hydrogen) atoms. The summed E-state index contributed by atoms with van der Waals surface area (Å²) in [6.07, 6.45) is 3.12. The van der Waals surface area contributed by atoms with Crippen molar-refractivity contribution in [2.24, 2.45) is 11.8 Å². The summed E-state index contributed by atoms with van der Waals surface area (Å²) in [6.45, 7) is 2.22. The predicted molar refractivity (Wildman–Crippen MR) is 120 cm³/mol. The normalized spacial score (nSPS) is 17.8. The van der Waals surface area contributed by atoms with Crippen molar-refractivity contribution in [3.63, 3.8) is 0 Å². The molecule has 8 nitrogen and oxygen atoms in total. The van der Waals surface area contributed by atoms with Crippen LogP contribution in [0.5, 0.6) is 0 Å². The number of carbonyl (C=O) groups is 3. The number of carbonyl (C=O) groups excluding carboxylic acids is 3. The van der Waals surface area contributed by atoms with Crippen LogP contribution in [0.1, 0.15) is 37.9 Å². The Hall–Kier alpha value is -3.00. The summed E-state index contributed by atoms with van der Waals surface area (Å²) in [4.78, 5) is 53.3. The summed E-state index contributed by atoms with van der Waals surface area (Å²) in [7, 11) is 0. The van der Waals surface area contributed by atoms with E-state index in [2.05, 4.69) is 15.6 Å². The largest absolute Gasteiger partial charge is 0.356 e. The first-order chi connectivity index (χ1) is 15.3. The van der Waals surface area contributed by atoms with Gasteiger partial charge in [-0.25, -0.2) is 4.98 Å². The molecule has 2 N–H and O–H groups in total. The van der Waals surface area contributed by atoms with E-state index in [1.807, 2.05) is 0 Å². The summed E-state index contributed by atoms with van der Waals surface area (Å²) in [5, 5.41) is 6.12. The summed E-state index contributed by atoms with van der Waals surface area (Å²) in [6, 6.07) is 6.42. The molecule has 2 amide bonds. The number of hydrogen-bond donors (Lipinski definition) is 2. The summed E-state index contributed by atoms with van der Waals surface area (Å²) in [5.41, 5.74) is 1.18. The Balaban J connectivity index is 1.50. The Labute approximate surface area is 190 Å². The zero-order chi connectivity index (χ0) is 22.8. The van der Waals surface area contributed by atoms with Gasteiger partial charge < -0.3 is 10.6 Å². The highest BCUT2D eigenvalue weighted by Crippen LogP contribution is 2.33. The average Bonchev–Trinajstić information content (AvgIpc) is 3.51. The van der Waals surface area contributed by atoms with Gasteiger partial charge in [0.2, 0.25) is 11.8 Å². The molecule has 2 fully saturated rings. The van der Waals surface area contributed by atoms with Crippen LogP contribution in [0.2, 0.25) is 5.02 Å². The first-order valence-electron chi connectivity index (χ1n) is 10.8. The molecular formula is C23H25ClN4O4. The minimum atomic E-state index is -0.340. The maximum Gasteiger partial charge on any atom is 0.254 e. The number of rotatable bonds is 8. The second-order valence-corrected chi connectivity index (χ2v) is 8.95. The van der Waals surface area contributed by atoms with Crippen LogP contribution in [-0.2, 0) is 20.9 Å². The molecule has 1 unspecified atom stereocenters. The minimum Gasteiger partial charge on any atom is -0.356 e. The molecule has 1 aliphatic heterocycles. The fourth-order valence-corrected chi connectivity index (χ4v) is 4.04. The van der Waals surface area contributed by atoms with Crippen molar-refractivity contribution in [3.8, 4) is 11.3 Å². The van der Waals surface area contributed by atoms with E-state index in [4.69, 9.17) is 11.6 Å². The Kier molecular flexibility index (Phi) is 6.41. The van der Waals surface area contributed by atoms with E-state index in [9.17, 15) is 19.2 Å². The van der Waals surface area contributed by atoms with Gasteiger partial charge in [0, 0.05) is 42.0 Å². The number of nitrogens with zero attached hydrogens (tertiary/aromatic N) is 2. The molecule has 2 aliphatic rings. The number of benzene rings is 1. The highest BCUT2D eigenvalue weighted by molar-refractivity contribution is 6.31. The van der Waals surface area contributed by atoms with Gasteiger partial charge in [0.15, 0.2) is 5.78 Å². The summed E-state index contributed by atoms with van der Waals surface area (Å²) in [5.74, 6) is 0.473. The van der Waals surface area contributed by atoms with E-state index in [0.29, 0.717) is 53.6 Å². The van der Waals surface area contributed by atoms with Crippen molar-refractivity contribution in [2.45, 2.75) is 45.6 Å². The Bertz CT molecular complexity index is 1140. The number of aryl methyl sites for hydroxylation is 1. The smallest absolute Gasteiger partial charge is 0.254 e. The number of anilines is 1. The highest BCUT2D eigenvalue weighted by Gasteiger charge is 2.30. The lowest BCUT2D eigenvalue weighted by molar-refractivity contribution is -0.121. The van der Waals surface area contributed by atoms with E-state index in [-0.39, 0.29) is 41.5 Å². The molecule has 1 aromatic heterocycles. The zero-order valence-corrected chi connectivity index (χ0v) is 18.6. The molecule has 2 heterocycles. The lowest BCUT2D eigenvalue weighted by atomic mass is 10.0. The van der Waals surface area contributed by atoms with E-state index in [1.54, 1.807) is 25.1 Å². The molecule has 9 heteroatoms. The van der Waals surface area contributed by atoms with Crippen molar-refractivity contribution < 1.29 is 14.4 Å². The lowest BCUT2D eigenvalue weighted by Crippen LogP contribution is -2.27. The second-order valence-electron chi connectivity index (χ2n) is 8.52. The molecule has 0 radical (unpaired) electrons. The van der Waals surface area contributed by atoms with Gasteiger partial charge >= 0.3 is 0 Å². The number of aromatic nitrogens is 2. The van der Waals surface area contributed by atoms with E-state index < -0.39 is 0 Å². The van der Waals surface area contributed by atoms with Crippen LogP contribution in [-0.4, -0.2) is 33.7 Å². The van der Waals surface area contributed by atoms with Crippen molar-refractivity contribution in [3.05, 3.63) is 45.5 Å². The first-order valence-corrected chi connectivity index (χ1v) is 11.2. The third-order valence-electron chi connectivity index (χ3n) is 5.89. The van der Waals surface area contributed by atoms with Gasteiger partial charge in [0.1, 0.15) is 5.82 Å². The number of halogens is 1. The zero-order valence-electron chi connectivity index (χ0n) is 17.8. The molecule has 0 spiro atoms. The minimum absolute atomic E-state index is 0.0178. The lowest BCUT2D eigenvalue weighted by Gasteiger charge is -2.14. The monoisotopic (exact) mass is 456 g/mol. The fraction of sp³-hybridized carbons (Fsp3) is 0.435. The molecule has 168 valence electrons. The van der Waals surface area contributed by atoms with Gasteiger partial charge in [-0.1, -0.05) is 11.6 Å². The van der Waals surface area contributed by atoms with Gasteiger partial charge in [-0.3, -0.25) is 23.7 Å². The molecule has 4 rings (SSSR count). The van der Waals surface area contributed by atoms with Gasteiger partial charge in [-0.2, -0.15) is 0 Å². The molecular weight excluding hydrogens is 432 g/mol. The van der Waals surface area contributed by atoms with Crippen LogP contribution in [0.4, 0.5) is 5.69 Å². The third kappa shape index (κ3) is 5.24. The third-order valence-corrected chi connectivity index (χ3v) is 6.13. The Morgan fingerprint density at radius 2 is 2.03 bits per heavy atom. The molecule has 1 aromatic carbocycles. The van der Waals surface area contributed by atoms with Crippen molar-refractivity contribution in [2.75, 3.05) is 11.9 Å². The van der Waals surface area contributed by atoms with Gasteiger partial charge in [0.25, 0.3) is 5.56 Å². The SMILES string of the molecule is Cc1nc(-c2ccc(Cl)cc2NC(=O)C2CC2)cc(=O)n1CC(=O)CCC1CNC(=O)C1. The standard InChI is InChI=1S/C23H25ClN4O4/c1-13-26-20(18-7-5-16(24)9-19(18)27-23(32)15-3-4-15)10-22(31)28(13)12-17(29)6-2-14-8-21(30)25-11-14/h5,7,9-10,14-15H,2-4,6,8,11-12H2,1H3,(H,25,30)(H,27,32). The first kappa shape index (κ1) is 22.2. The Morgan fingerprint density at radius 3 is 2.69 bits per heavy atom. The van der Waals surface area contributed by atoms with E-state index in [1.165, 1.54) is 10.6 Å². The van der Waals surface area contributed by atoms with Crippen molar-refractivity contribution in [1.82, 2.24) is 14.9 Å². The van der Waals surface area contributed by atoms with Crippen LogP contribution in [0, 0.1) is 18.8 Å². The number of ketones is 1. The maximum atomic E-state index is 12.8. The number of hydrogen-bond acceptors (Lipinski definition) is 5. The average molecular weight is 457 g/mol. The number of amides is 2. The van der Waals surface area contributed by atoms with E-state index >= 15 is 0 Å². The quantitative estimate of drug-likeness (QED) is 0.634. The van der Waals surface area contributed by atoms with Crippen molar-refractivity contribution >= 4 is 34.9 Å². The second kappa shape index (κ2) is 9.24. The van der Waals surface area contributed by atoms with Crippen LogP contribution in [0.15, 0.2) is 29.1 Å². The summed E-state index contributed by atoms with van der Waals surface area (Å²) < 4.78 is 1.35. The van der Waals surface area contributed by atoms with Crippen LogP contribution in [0.3, 0.4) is 0 Å². The molecule has 2 aromatic rings. The molecule has 1 saturated carbocycles. The number of Topliss-reactive ketones (excluding diaryl/α,β-unsaturated/α-hetero) is 1. The van der Waals surface area contributed by atoms with Crippen LogP contribution >= 0.6 is 11.6 Å². The molecule has 0 bridgehead atoms.